The minimum absolute atomic E-state index is 0.0558. The molecule has 0 radical (unpaired) electrons. The molecule has 0 unspecified atom stereocenters. The number of carbonyl (C=O) groups excluding carboxylic acids is 2. The molecule has 0 atom stereocenters. The van der Waals surface area contributed by atoms with E-state index in [1.807, 2.05) is 13.8 Å². The van der Waals surface area contributed by atoms with Crippen molar-refractivity contribution in [3.05, 3.63) is 24.3 Å². The molecule has 1 N–H and O–H groups in total. The summed E-state index contributed by atoms with van der Waals surface area (Å²) in [6.07, 6.45) is 0.282. The predicted molar refractivity (Wildman–Crippen MR) is 78.9 cm³/mol. The molecule has 0 spiro atoms. The van der Waals surface area contributed by atoms with E-state index in [1.54, 1.807) is 36.3 Å². The molecule has 0 heterocycles. The Morgan fingerprint density at radius 1 is 1.25 bits per heavy atom. The second-order valence-corrected chi connectivity index (χ2v) is 4.84. The predicted octanol–water partition coefficient (Wildman–Crippen LogP) is 1.96. The molecule has 2 amide bonds. The van der Waals surface area contributed by atoms with Gasteiger partial charge in [-0.3, -0.25) is 9.59 Å². The molecule has 0 aromatic heterocycles. The number of nitrogens with zero attached hydrogens (tertiary/aromatic N) is 1. The van der Waals surface area contributed by atoms with Gasteiger partial charge in [0, 0.05) is 31.6 Å². The van der Waals surface area contributed by atoms with E-state index in [2.05, 4.69) is 5.32 Å². The number of anilines is 1. The lowest BCUT2D eigenvalue weighted by Gasteiger charge is -2.21. The zero-order valence-electron chi connectivity index (χ0n) is 12.5. The molecule has 1 rings (SSSR count). The molecule has 1 aromatic carbocycles. The van der Waals surface area contributed by atoms with Crippen LogP contribution in [0.5, 0.6) is 5.75 Å². The number of rotatable bonds is 6. The highest BCUT2D eigenvalue weighted by Gasteiger charge is 2.13. The van der Waals surface area contributed by atoms with Crippen molar-refractivity contribution in [2.45, 2.75) is 33.2 Å². The van der Waals surface area contributed by atoms with E-state index in [9.17, 15) is 9.59 Å². The fourth-order valence-corrected chi connectivity index (χ4v) is 1.84. The Kier molecular flexibility index (Phi) is 6.03. The molecule has 1 aromatic rings. The van der Waals surface area contributed by atoms with Crippen LogP contribution < -0.4 is 15.0 Å². The lowest BCUT2D eigenvalue weighted by molar-refractivity contribution is -0.121. The molecule has 110 valence electrons. The molecule has 0 saturated heterocycles. The summed E-state index contributed by atoms with van der Waals surface area (Å²) in [5.41, 5.74) is 0.760. The van der Waals surface area contributed by atoms with Crippen LogP contribution in [-0.2, 0) is 9.59 Å². The maximum absolute atomic E-state index is 11.7. The first kappa shape index (κ1) is 16.0. The first-order valence-electron chi connectivity index (χ1n) is 6.65. The van der Waals surface area contributed by atoms with Crippen LogP contribution >= 0.6 is 0 Å². The van der Waals surface area contributed by atoms with Crippen LogP contribution in [0.2, 0.25) is 0 Å². The molecule has 0 aliphatic rings. The van der Waals surface area contributed by atoms with Crippen LogP contribution in [0.1, 0.15) is 27.2 Å². The lowest BCUT2D eigenvalue weighted by Crippen LogP contribution is -2.36. The van der Waals surface area contributed by atoms with Gasteiger partial charge in [-0.2, -0.15) is 0 Å². The zero-order chi connectivity index (χ0) is 15.1. The summed E-state index contributed by atoms with van der Waals surface area (Å²) in [6.45, 7) is 5.67. The Balaban J connectivity index is 2.69. The molecule has 0 bridgehead atoms. The van der Waals surface area contributed by atoms with Crippen LogP contribution in [0.4, 0.5) is 5.69 Å². The summed E-state index contributed by atoms with van der Waals surface area (Å²) in [5, 5.41) is 2.81. The van der Waals surface area contributed by atoms with Gasteiger partial charge in [-0.1, -0.05) is 0 Å². The highest BCUT2D eigenvalue weighted by atomic mass is 16.5. The largest absolute Gasteiger partial charge is 0.497 e. The van der Waals surface area contributed by atoms with Crippen molar-refractivity contribution in [1.82, 2.24) is 5.32 Å². The average Bonchev–Trinajstić information content (AvgIpc) is 2.38. The Bertz CT molecular complexity index is 455. The molecular weight excluding hydrogens is 256 g/mol. The van der Waals surface area contributed by atoms with Gasteiger partial charge >= 0.3 is 0 Å². The van der Waals surface area contributed by atoms with Gasteiger partial charge in [0.25, 0.3) is 0 Å². The highest BCUT2D eigenvalue weighted by molar-refractivity contribution is 5.92. The van der Waals surface area contributed by atoms with E-state index < -0.39 is 0 Å². The molecule has 0 saturated carbocycles. The molecule has 0 aliphatic carbocycles. The minimum Gasteiger partial charge on any atom is -0.497 e. The molecule has 5 nitrogen and oxygen atoms in total. The standard InChI is InChI=1S/C15H22N2O3/c1-11(2)16-15(19)9-10-17(12(3)18)13-5-7-14(20-4)8-6-13/h5-8,11H,9-10H2,1-4H3,(H,16,19). The topological polar surface area (TPSA) is 58.6 Å². The first-order chi connectivity index (χ1) is 9.43. The van der Waals surface area contributed by atoms with Crippen LogP contribution in [-0.4, -0.2) is 31.5 Å². The van der Waals surface area contributed by atoms with Gasteiger partial charge < -0.3 is 15.0 Å². The van der Waals surface area contributed by atoms with Gasteiger partial charge in [0.2, 0.25) is 11.8 Å². The second kappa shape index (κ2) is 7.53. The number of hydrogen-bond acceptors (Lipinski definition) is 3. The second-order valence-electron chi connectivity index (χ2n) is 4.84. The van der Waals surface area contributed by atoms with Crippen LogP contribution in [0, 0.1) is 0 Å². The molecule has 5 heteroatoms. The number of hydrogen-bond donors (Lipinski definition) is 1. The van der Waals surface area contributed by atoms with Crippen molar-refractivity contribution >= 4 is 17.5 Å². The van der Waals surface area contributed by atoms with Gasteiger partial charge in [0.05, 0.1) is 7.11 Å². The van der Waals surface area contributed by atoms with Gasteiger partial charge in [0.15, 0.2) is 0 Å². The fourth-order valence-electron chi connectivity index (χ4n) is 1.84. The summed E-state index contributed by atoms with van der Waals surface area (Å²) in [4.78, 5) is 24.9. The maximum atomic E-state index is 11.7. The summed E-state index contributed by atoms with van der Waals surface area (Å²) < 4.78 is 5.08. The Morgan fingerprint density at radius 3 is 2.30 bits per heavy atom. The summed E-state index contributed by atoms with van der Waals surface area (Å²) in [5.74, 6) is 0.585. The average molecular weight is 278 g/mol. The molecular formula is C15H22N2O3. The third-order valence-electron chi connectivity index (χ3n) is 2.78. The highest BCUT2D eigenvalue weighted by Crippen LogP contribution is 2.19. The first-order valence-corrected chi connectivity index (χ1v) is 6.65. The number of nitrogens with one attached hydrogen (secondary N) is 1. The van der Waals surface area contributed by atoms with E-state index >= 15 is 0 Å². The Labute approximate surface area is 119 Å². The number of ether oxygens (including phenoxy) is 1. The normalized spacial score (nSPS) is 10.2. The van der Waals surface area contributed by atoms with Crippen molar-refractivity contribution in [2.24, 2.45) is 0 Å². The van der Waals surface area contributed by atoms with Gasteiger partial charge in [-0.05, 0) is 38.1 Å². The minimum atomic E-state index is -0.0903. The summed E-state index contributed by atoms with van der Waals surface area (Å²) >= 11 is 0. The van der Waals surface area contributed by atoms with Crippen molar-refractivity contribution in [3.63, 3.8) is 0 Å². The Morgan fingerprint density at radius 2 is 1.85 bits per heavy atom. The third kappa shape index (κ3) is 4.91. The number of amides is 2. The molecule has 0 aliphatic heterocycles. The fraction of sp³-hybridized carbons (Fsp3) is 0.467. The van der Waals surface area contributed by atoms with E-state index in [-0.39, 0.29) is 24.3 Å². The summed E-state index contributed by atoms with van der Waals surface area (Å²) in [7, 11) is 1.59. The van der Waals surface area contributed by atoms with E-state index in [0.717, 1.165) is 11.4 Å². The number of carbonyl (C=O) groups is 2. The van der Waals surface area contributed by atoms with Gasteiger partial charge in [-0.15, -0.1) is 0 Å². The van der Waals surface area contributed by atoms with Crippen LogP contribution in [0.3, 0.4) is 0 Å². The summed E-state index contributed by atoms with van der Waals surface area (Å²) in [6, 6.07) is 7.30. The monoisotopic (exact) mass is 278 g/mol. The van der Waals surface area contributed by atoms with Gasteiger partial charge in [-0.25, -0.2) is 0 Å². The van der Waals surface area contributed by atoms with Crippen molar-refractivity contribution in [3.8, 4) is 5.75 Å². The molecule has 20 heavy (non-hydrogen) atoms. The van der Waals surface area contributed by atoms with Gasteiger partial charge in [0.1, 0.15) is 5.75 Å². The van der Waals surface area contributed by atoms with Crippen molar-refractivity contribution in [1.29, 1.82) is 0 Å². The van der Waals surface area contributed by atoms with E-state index in [1.165, 1.54) is 6.92 Å². The van der Waals surface area contributed by atoms with E-state index in [0.29, 0.717) is 6.54 Å². The SMILES string of the molecule is COc1ccc(N(CCC(=O)NC(C)C)C(C)=O)cc1. The molecule has 0 fully saturated rings. The van der Waals surface area contributed by atoms with Crippen molar-refractivity contribution < 1.29 is 14.3 Å². The van der Waals surface area contributed by atoms with E-state index in [4.69, 9.17) is 4.74 Å². The lowest BCUT2D eigenvalue weighted by atomic mass is 10.2. The maximum Gasteiger partial charge on any atom is 0.223 e. The third-order valence-corrected chi connectivity index (χ3v) is 2.78. The quantitative estimate of drug-likeness (QED) is 0.865. The Hall–Kier alpha value is -2.04. The van der Waals surface area contributed by atoms with Crippen LogP contribution in [0.15, 0.2) is 24.3 Å². The smallest absolute Gasteiger partial charge is 0.223 e. The van der Waals surface area contributed by atoms with Crippen LogP contribution in [0.25, 0.3) is 0 Å². The number of methoxy groups -OCH3 is 1. The zero-order valence-corrected chi connectivity index (χ0v) is 12.5. The van der Waals surface area contributed by atoms with Crippen molar-refractivity contribution in [2.75, 3.05) is 18.6 Å². The number of benzene rings is 1.